The first-order chi connectivity index (χ1) is 18.1. The summed E-state index contributed by atoms with van der Waals surface area (Å²) < 4.78 is 38.6. The number of rotatable bonds is 6. The molecule has 0 aliphatic carbocycles. The third-order valence-corrected chi connectivity index (χ3v) is 6.56. The molecular formula is C26H36F3N5O4. The van der Waals surface area contributed by atoms with Crippen molar-refractivity contribution in [2.24, 2.45) is 11.8 Å². The maximum atomic E-state index is 13.8. The number of nitrogens with one attached hydrogen (secondary N) is 1. The van der Waals surface area contributed by atoms with Crippen LogP contribution in [0, 0.1) is 11.8 Å². The van der Waals surface area contributed by atoms with E-state index in [1.54, 1.807) is 0 Å². The molecule has 0 unspecified atom stereocenters. The van der Waals surface area contributed by atoms with Crippen molar-refractivity contribution in [2.75, 3.05) is 45.9 Å². The van der Waals surface area contributed by atoms with Crippen molar-refractivity contribution < 1.29 is 32.3 Å². The standard InChI is InChI=1S/C24H35N5O3.C2HF3O/c1-4-28-21-8-6-5-7-20(21)26-22(28)24(31)29(16-17(2)3)19-13-18(14-25-15-19)23(30)27-9-11-32-12-10-27;3-2(4,5)1-6/h5-8,17-19,25H,4,9-16H2,1-3H3;1H/t18-,19+;/m0./s1. The predicted octanol–water partition coefficient (Wildman–Crippen LogP) is 2.74. The van der Waals surface area contributed by atoms with E-state index in [0.717, 1.165) is 11.0 Å². The van der Waals surface area contributed by atoms with Crippen molar-refractivity contribution in [2.45, 2.75) is 46.0 Å². The summed E-state index contributed by atoms with van der Waals surface area (Å²) in [6, 6.07) is 7.84. The Bertz CT molecular complexity index is 1100. The van der Waals surface area contributed by atoms with Gasteiger partial charge in [-0.2, -0.15) is 13.2 Å². The maximum Gasteiger partial charge on any atom is 0.446 e. The summed E-state index contributed by atoms with van der Waals surface area (Å²) in [5, 5.41) is 3.42. The molecule has 2 fully saturated rings. The Balaban J connectivity index is 0.000000599. The highest BCUT2D eigenvalue weighted by Crippen LogP contribution is 2.24. The molecule has 1 aromatic carbocycles. The molecule has 2 saturated heterocycles. The summed E-state index contributed by atoms with van der Waals surface area (Å²) in [4.78, 5) is 44.2. The fourth-order valence-corrected chi connectivity index (χ4v) is 4.87. The van der Waals surface area contributed by atoms with Gasteiger partial charge in [0.1, 0.15) is 0 Å². The Kier molecular flexibility index (Phi) is 10.3. The number of fused-ring (bicyclic) bond motifs is 1. The van der Waals surface area contributed by atoms with E-state index in [0.29, 0.717) is 70.6 Å². The Morgan fingerprint density at radius 1 is 1.21 bits per heavy atom. The van der Waals surface area contributed by atoms with E-state index in [1.165, 1.54) is 0 Å². The van der Waals surface area contributed by atoms with Gasteiger partial charge in [0.05, 0.1) is 30.2 Å². The highest BCUT2D eigenvalue weighted by atomic mass is 19.4. The van der Waals surface area contributed by atoms with Gasteiger partial charge < -0.3 is 24.4 Å². The number of halogens is 3. The number of amides is 2. The summed E-state index contributed by atoms with van der Waals surface area (Å²) in [5.41, 5.74) is 1.81. The number of carbonyl (C=O) groups excluding carboxylic acids is 3. The lowest BCUT2D eigenvalue weighted by atomic mass is 9.92. The normalized spacial score (nSPS) is 20.1. The number of aromatic nitrogens is 2. The Hall–Kier alpha value is -2.99. The average Bonchev–Trinajstić information content (AvgIpc) is 3.30. The number of carbonyl (C=O) groups is 3. The van der Waals surface area contributed by atoms with Crippen molar-refractivity contribution in [1.29, 1.82) is 0 Å². The third-order valence-electron chi connectivity index (χ3n) is 6.56. The Morgan fingerprint density at radius 3 is 2.47 bits per heavy atom. The minimum atomic E-state index is -4.64. The first-order valence-corrected chi connectivity index (χ1v) is 12.9. The fraction of sp³-hybridized carbons (Fsp3) is 0.615. The van der Waals surface area contributed by atoms with E-state index >= 15 is 0 Å². The number of hydrogen-bond donors (Lipinski definition) is 1. The van der Waals surface area contributed by atoms with Crippen LogP contribution >= 0.6 is 0 Å². The molecule has 0 bridgehead atoms. The maximum absolute atomic E-state index is 13.8. The van der Waals surface area contributed by atoms with E-state index in [1.807, 2.05) is 45.6 Å². The summed E-state index contributed by atoms with van der Waals surface area (Å²) in [6.45, 7) is 11.4. The van der Waals surface area contributed by atoms with Crippen LogP contribution in [0.3, 0.4) is 0 Å². The van der Waals surface area contributed by atoms with Gasteiger partial charge in [0, 0.05) is 45.3 Å². The summed E-state index contributed by atoms with van der Waals surface area (Å²) >= 11 is 0. The molecule has 38 heavy (non-hydrogen) atoms. The molecule has 2 aromatic rings. The van der Waals surface area contributed by atoms with Crippen LogP contribution in [0.5, 0.6) is 0 Å². The number of ether oxygens (including phenoxy) is 1. The number of benzene rings is 1. The number of alkyl halides is 3. The van der Waals surface area contributed by atoms with Crippen LogP contribution < -0.4 is 5.32 Å². The van der Waals surface area contributed by atoms with Crippen LogP contribution in [-0.2, 0) is 20.9 Å². The van der Waals surface area contributed by atoms with Gasteiger partial charge in [0.25, 0.3) is 5.91 Å². The number of piperidine rings is 1. The number of morpholine rings is 1. The molecule has 210 valence electrons. The molecular weight excluding hydrogens is 503 g/mol. The highest BCUT2D eigenvalue weighted by molar-refractivity contribution is 5.95. The molecule has 0 saturated carbocycles. The van der Waals surface area contributed by atoms with Crippen LogP contribution in [0.1, 0.15) is 37.8 Å². The molecule has 9 nitrogen and oxygen atoms in total. The summed E-state index contributed by atoms with van der Waals surface area (Å²) in [5.74, 6) is 0.787. The number of para-hydroxylation sites is 2. The molecule has 0 radical (unpaired) electrons. The zero-order valence-electron chi connectivity index (χ0n) is 22.0. The second kappa shape index (κ2) is 13.2. The number of imidazole rings is 1. The van der Waals surface area contributed by atoms with Crippen LogP contribution in [0.4, 0.5) is 13.2 Å². The van der Waals surface area contributed by atoms with E-state index in [4.69, 9.17) is 14.5 Å². The van der Waals surface area contributed by atoms with Crippen LogP contribution in [0.25, 0.3) is 11.0 Å². The lowest BCUT2D eigenvalue weighted by molar-refractivity contribution is -0.156. The van der Waals surface area contributed by atoms with Crippen LogP contribution in [0.2, 0.25) is 0 Å². The van der Waals surface area contributed by atoms with E-state index < -0.39 is 12.5 Å². The average molecular weight is 540 g/mol. The Labute approximate surface area is 220 Å². The Morgan fingerprint density at radius 2 is 1.87 bits per heavy atom. The molecule has 2 aliphatic heterocycles. The summed E-state index contributed by atoms with van der Waals surface area (Å²) in [6.07, 6.45) is -5.03. The fourth-order valence-electron chi connectivity index (χ4n) is 4.87. The molecule has 3 heterocycles. The molecule has 4 rings (SSSR count). The molecule has 12 heteroatoms. The largest absolute Gasteiger partial charge is 0.446 e. The molecule has 0 spiro atoms. The highest BCUT2D eigenvalue weighted by Gasteiger charge is 2.36. The topological polar surface area (TPSA) is 96.8 Å². The lowest BCUT2D eigenvalue weighted by Gasteiger charge is -2.40. The van der Waals surface area contributed by atoms with Gasteiger partial charge in [0.15, 0.2) is 5.82 Å². The van der Waals surface area contributed by atoms with E-state index in [-0.39, 0.29) is 23.8 Å². The minimum Gasteiger partial charge on any atom is -0.378 e. The van der Waals surface area contributed by atoms with Crippen molar-refractivity contribution in [3.05, 3.63) is 30.1 Å². The van der Waals surface area contributed by atoms with Crippen molar-refractivity contribution in [3.63, 3.8) is 0 Å². The van der Waals surface area contributed by atoms with Crippen molar-refractivity contribution >= 4 is 29.1 Å². The van der Waals surface area contributed by atoms with Gasteiger partial charge in [-0.15, -0.1) is 0 Å². The molecule has 2 aliphatic rings. The zero-order valence-corrected chi connectivity index (χ0v) is 22.0. The second-order valence-corrected chi connectivity index (χ2v) is 9.86. The molecule has 1 N–H and O–H groups in total. The third kappa shape index (κ3) is 7.53. The molecule has 2 atom stereocenters. The van der Waals surface area contributed by atoms with Gasteiger partial charge in [-0.1, -0.05) is 26.0 Å². The molecule has 2 amide bonds. The SMILES string of the molecule is CCn1c(C(=O)N(CC(C)C)[C@H]2CNC[C@@H](C(=O)N3CCOCC3)C2)nc2ccccc21.O=CC(F)(F)F. The molecule has 1 aromatic heterocycles. The van der Waals surface area contributed by atoms with Crippen LogP contribution in [0.15, 0.2) is 24.3 Å². The first-order valence-electron chi connectivity index (χ1n) is 12.9. The lowest BCUT2D eigenvalue weighted by Crippen LogP contribution is -2.56. The number of aryl methyl sites for hydroxylation is 1. The van der Waals surface area contributed by atoms with E-state index in [2.05, 4.69) is 19.2 Å². The minimum absolute atomic E-state index is 0.0428. The van der Waals surface area contributed by atoms with Gasteiger partial charge >= 0.3 is 6.18 Å². The van der Waals surface area contributed by atoms with Crippen molar-refractivity contribution in [1.82, 2.24) is 24.7 Å². The second-order valence-electron chi connectivity index (χ2n) is 9.86. The monoisotopic (exact) mass is 539 g/mol. The first kappa shape index (κ1) is 29.6. The van der Waals surface area contributed by atoms with E-state index in [9.17, 15) is 22.8 Å². The number of hydrogen-bond acceptors (Lipinski definition) is 6. The quantitative estimate of drug-likeness (QED) is 0.568. The predicted molar refractivity (Wildman–Crippen MR) is 136 cm³/mol. The van der Waals surface area contributed by atoms with Crippen molar-refractivity contribution in [3.8, 4) is 0 Å². The number of aldehydes is 1. The number of nitrogens with zero attached hydrogens (tertiary/aromatic N) is 4. The van der Waals surface area contributed by atoms with Gasteiger partial charge in [-0.05, 0) is 31.4 Å². The van der Waals surface area contributed by atoms with Crippen LogP contribution in [-0.4, -0.2) is 95.6 Å². The van der Waals surface area contributed by atoms with Gasteiger partial charge in [-0.25, -0.2) is 4.98 Å². The zero-order chi connectivity index (χ0) is 27.9. The van der Waals surface area contributed by atoms with Gasteiger partial charge in [-0.3, -0.25) is 14.4 Å². The summed E-state index contributed by atoms with van der Waals surface area (Å²) in [7, 11) is 0. The van der Waals surface area contributed by atoms with Gasteiger partial charge in [0.2, 0.25) is 12.2 Å². The smallest absolute Gasteiger partial charge is 0.378 e.